The summed E-state index contributed by atoms with van der Waals surface area (Å²) in [5.74, 6) is -1.45. The molecule has 0 radical (unpaired) electrons. The van der Waals surface area contributed by atoms with Crippen LogP contribution in [0.5, 0.6) is 0 Å². The summed E-state index contributed by atoms with van der Waals surface area (Å²) in [6.07, 6.45) is 0.729. The minimum atomic E-state index is -1.13. The number of imide groups is 1. The number of aromatic carboxylic acids is 1. The summed E-state index contributed by atoms with van der Waals surface area (Å²) >= 11 is 1.15. The second kappa shape index (κ2) is 5.70. The van der Waals surface area contributed by atoms with E-state index in [1.165, 1.54) is 12.3 Å². The number of amides is 2. The first kappa shape index (κ1) is 13.3. The molecule has 1 aliphatic heterocycles. The Labute approximate surface area is 112 Å². The molecule has 1 aromatic heterocycles. The average Bonchev–Trinajstić information content (AvgIpc) is 2.82. The summed E-state index contributed by atoms with van der Waals surface area (Å²) in [5.41, 5.74) is -0.0852. The average molecular weight is 282 g/mol. The highest BCUT2D eigenvalue weighted by Crippen LogP contribution is 2.19. The minimum absolute atomic E-state index is 0.0399. The zero-order chi connectivity index (χ0) is 13.8. The Balaban J connectivity index is 1.95. The number of carbonyl (C=O) groups is 3. The zero-order valence-electron chi connectivity index (χ0n) is 9.74. The fraction of sp³-hybridized carbons (Fsp3) is 0.273. The number of carboxylic acid groups (broad SMARTS) is 1. The first-order chi connectivity index (χ1) is 9.08. The van der Waals surface area contributed by atoms with Crippen molar-refractivity contribution in [2.45, 2.75) is 4.90 Å². The van der Waals surface area contributed by atoms with Gasteiger partial charge in [-0.3, -0.25) is 4.79 Å². The van der Waals surface area contributed by atoms with Gasteiger partial charge in [0.05, 0.1) is 12.3 Å². The van der Waals surface area contributed by atoms with E-state index in [1.54, 1.807) is 6.07 Å². The molecular formula is C11H10N2O5S. The molecule has 0 unspecified atom stereocenters. The number of carboxylic acids is 1. The number of ether oxygens (including phenoxy) is 1. The first-order valence-electron chi connectivity index (χ1n) is 5.37. The molecule has 0 bridgehead atoms. The molecule has 0 saturated carbocycles. The molecular weight excluding hydrogens is 272 g/mol. The van der Waals surface area contributed by atoms with Crippen molar-refractivity contribution in [1.82, 2.24) is 9.88 Å². The summed E-state index contributed by atoms with van der Waals surface area (Å²) in [6, 6.07) is 2.98. The van der Waals surface area contributed by atoms with E-state index in [2.05, 4.69) is 9.72 Å². The normalized spacial score (nSPS) is 14.3. The molecule has 7 nitrogen and oxygen atoms in total. The molecule has 2 amide bonds. The molecule has 100 valence electrons. The molecule has 0 aromatic carbocycles. The van der Waals surface area contributed by atoms with Crippen LogP contribution in [0.1, 0.15) is 10.5 Å². The lowest BCUT2D eigenvalue weighted by Crippen LogP contribution is -2.32. The quantitative estimate of drug-likeness (QED) is 0.817. The van der Waals surface area contributed by atoms with Crippen molar-refractivity contribution >= 4 is 29.7 Å². The van der Waals surface area contributed by atoms with Gasteiger partial charge >= 0.3 is 12.1 Å². The van der Waals surface area contributed by atoms with Crippen LogP contribution in [0.15, 0.2) is 23.2 Å². The Morgan fingerprint density at radius 3 is 2.95 bits per heavy atom. The smallest absolute Gasteiger partial charge is 0.416 e. The van der Waals surface area contributed by atoms with Gasteiger partial charge in [0.25, 0.3) is 0 Å². The van der Waals surface area contributed by atoms with Gasteiger partial charge in [-0.05, 0) is 12.1 Å². The summed E-state index contributed by atoms with van der Waals surface area (Å²) in [6.45, 7) is 0.475. The van der Waals surface area contributed by atoms with Gasteiger partial charge in [-0.15, -0.1) is 11.8 Å². The predicted octanol–water partition coefficient (Wildman–Crippen LogP) is 0.851. The largest absolute Gasteiger partial charge is 0.477 e. The summed E-state index contributed by atoms with van der Waals surface area (Å²) in [7, 11) is 0. The van der Waals surface area contributed by atoms with Gasteiger partial charge in [0, 0.05) is 11.1 Å². The Hall–Kier alpha value is -2.09. The Morgan fingerprint density at radius 2 is 2.32 bits per heavy atom. The maximum absolute atomic E-state index is 11.7. The van der Waals surface area contributed by atoms with Crippen LogP contribution in [-0.4, -0.2) is 51.9 Å². The number of aromatic nitrogens is 1. The third-order valence-electron chi connectivity index (χ3n) is 2.37. The molecule has 1 N–H and O–H groups in total. The van der Waals surface area contributed by atoms with Crippen molar-refractivity contribution < 1.29 is 24.2 Å². The number of carbonyl (C=O) groups excluding carboxylic acids is 2. The van der Waals surface area contributed by atoms with E-state index < -0.39 is 12.1 Å². The maximum atomic E-state index is 11.7. The molecule has 0 aliphatic carbocycles. The number of hydrogen-bond donors (Lipinski definition) is 1. The Bertz CT molecular complexity index is 534. The number of cyclic esters (lactones) is 1. The van der Waals surface area contributed by atoms with Gasteiger partial charge in [-0.25, -0.2) is 19.5 Å². The fourth-order valence-corrected chi connectivity index (χ4v) is 2.26. The summed E-state index contributed by atoms with van der Waals surface area (Å²) in [4.78, 5) is 38.9. The first-order valence-corrected chi connectivity index (χ1v) is 6.36. The molecule has 19 heavy (non-hydrogen) atoms. The number of rotatable bonds is 4. The fourth-order valence-electron chi connectivity index (χ4n) is 1.46. The second-order valence-electron chi connectivity index (χ2n) is 3.63. The van der Waals surface area contributed by atoms with Crippen molar-refractivity contribution in [3.8, 4) is 0 Å². The molecule has 0 spiro atoms. The van der Waals surface area contributed by atoms with Gasteiger partial charge in [-0.1, -0.05) is 0 Å². The minimum Gasteiger partial charge on any atom is -0.477 e. The van der Waals surface area contributed by atoms with Crippen molar-refractivity contribution in [1.29, 1.82) is 0 Å². The number of hydrogen-bond acceptors (Lipinski definition) is 6. The van der Waals surface area contributed by atoms with Gasteiger partial charge in [0.1, 0.15) is 12.3 Å². The van der Waals surface area contributed by atoms with Crippen LogP contribution in [0.2, 0.25) is 0 Å². The van der Waals surface area contributed by atoms with Crippen molar-refractivity contribution in [2.24, 2.45) is 0 Å². The molecule has 1 aliphatic rings. The van der Waals surface area contributed by atoms with Crippen LogP contribution in [-0.2, 0) is 9.53 Å². The van der Waals surface area contributed by atoms with Crippen LogP contribution in [0.3, 0.4) is 0 Å². The maximum Gasteiger partial charge on any atom is 0.416 e. The van der Waals surface area contributed by atoms with Gasteiger partial charge in [-0.2, -0.15) is 0 Å². The third-order valence-corrected chi connectivity index (χ3v) is 3.35. The third kappa shape index (κ3) is 3.22. The van der Waals surface area contributed by atoms with E-state index in [-0.39, 0.29) is 30.5 Å². The van der Waals surface area contributed by atoms with Crippen LogP contribution in [0.25, 0.3) is 0 Å². The highest BCUT2D eigenvalue weighted by atomic mass is 32.2. The van der Waals surface area contributed by atoms with Crippen LogP contribution < -0.4 is 0 Å². The van der Waals surface area contributed by atoms with Crippen molar-refractivity contribution in [3.05, 3.63) is 24.0 Å². The number of nitrogens with zero attached hydrogens (tertiary/aromatic N) is 2. The lowest BCUT2D eigenvalue weighted by Gasteiger charge is -2.10. The molecule has 2 rings (SSSR count). The molecule has 8 heteroatoms. The van der Waals surface area contributed by atoms with Crippen molar-refractivity contribution in [2.75, 3.05) is 18.9 Å². The van der Waals surface area contributed by atoms with E-state index in [9.17, 15) is 14.4 Å². The van der Waals surface area contributed by atoms with E-state index >= 15 is 0 Å². The Morgan fingerprint density at radius 1 is 1.53 bits per heavy atom. The molecule has 2 heterocycles. The summed E-state index contributed by atoms with van der Waals surface area (Å²) in [5, 5.41) is 8.79. The number of thioether (sulfide) groups is 1. The number of pyridine rings is 1. The monoisotopic (exact) mass is 282 g/mol. The van der Waals surface area contributed by atoms with Gasteiger partial charge in [0.2, 0.25) is 5.91 Å². The van der Waals surface area contributed by atoms with E-state index in [0.29, 0.717) is 4.90 Å². The molecule has 1 fully saturated rings. The summed E-state index contributed by atoms with van der Waals surface area (Å²) < 4.78 is 4.66. The van der Waals surface area contributed by atoms with Crippen LogP contribution in [0, 0.1) is 0 Å². The van der Waals surface area contributed by atoms with E-state index in [1.807, 2.05) is 0 Å². The predicted molar refractivity (Wildman–Crippen MR) is 65.0 cm³/mol. The lowest BCUT2D eigenvalue weighted by molar-refractivity contribution is -0.125. The highest BCUT2D eigenvalue weighted by molar-refractivity contribution is 8.00. The highest BCUT2D eigenvalue weighted by Gasteiger charge is 2.28. The van der Waals surface area contributed by atoms with E-state index in [0.717, 1.165) is 16.7 Å². The SMILES string of the molecule is O=C(O)c1cc(SCC(=O)N2CCOC2=O)ccn1. The standard InChI is InChI=1S/C11H10N2O5S/c14-9(13-3-4-18-11(13)17)6-19-7-1-2-12-8(5-7)10(15)16/h1-2,5H,3-4,6H2,(H,15,16). The van der Waals surface area contributed by atoms with Crippen molar-refractivity contribution in [3.63, 3.8) is 0 Å². The molecule has 1 aromatic rings. The second-order valence-corrected chi connectivity index (χ2v) is 4.68. The van der Waals surface area contributed by atoms with Crippen LogP contribution >= 0.6 is 11.8 Å². The zero-order valence-corrected chi connectivity index (χ0v) is 10.6. The lowest BCUT2D eigenvalue weighted by atomic mass is 10.3. The van der Waals surface area contributed by atoms with Gasteiger partial charge < -0.3 is 9.84 Å². The molecule has 1 saturated heterocycles. The van der Waals surface area contributed by atoms with Crippen LogP contribution in [0.4, 0.5) is 4.79 Å². The Kier molecular flexibility index (Phi) is 4.00. The van der Waals surface area contributed by atoms with E-state index in [4.69, 9.17) is 5.11 Å². The molecule has 0 atom stereocenters. The van der Waals surface area contributed by atoms with Gasteiger partial charge in [0.15, 0.2) is 0 Å². The topological polar surface area (TPSA) is 96.8 Å².